The molecule has 144 valence electrons. The quantitative estimate of drug-likeness (QED) is 0.667. The molecule has 0 fully saturated rings. The SMILES string of the molecule is Cc1cc(OCc2ccccc2)ccc1NC(=O)CNC(=O)[C@@H](N)C(C)C. The standard InChI is InChI=1S/C21H27N3O3/c1-14(2)20(22)21(26)23-12-19(25)24-18-10-9-17(11-15(18)3)27-13-16-7-5-4-6-8-16/h4-11,14,20H,12-13,22H2,1-3H3,(H,23,26)(H,24,25)/t20-/m0/s1. The number of hydrogen-bond acceptors (Lipinski definition) is 4. The van der Waals surface area contributed by atoms with Crippen LogP contribution in [0.1, 0.15) is 25.0 Å². The number of benzene rings is 2. The summed E-state index contributed by atoms with van der Waals surface area (Å²) in [7, 11) is 0. The van der Waals surface area contributed by atoms with Gasteiger partial charge in [-0.3, -0.25) is 9.59 Å². The Labute approximate surface area is 160 Å². The van der Waals surface area contributed by atoms with Crippen molar-refractivity contribution in [2.24, 2.45) is 11.7 Å². The third-order valence-electron chi connectivity index (χ3n) is 4.16. The number of amides is 2. The van der Waals surface area contributed by atoms with E-state index >= 15 is 0 Å². The predicted molar refractivity (Wildman–Crippen MR) is 106 cm³/mol. The summed E-state index contributed by atoms with van der Waals surface area (Å²) in [6.45, 7) is 5.96. The summed E-state index contributed by atoms with van der Waals surface area (Å²) in [6.07, 6.45) is 0. The van der Waals surface area contributed by atoms with Crippen LogP contribution in [-0.4, -0.2) is 24.4 Å². The van der Waals surface area contributed by atoms with E-state index in [0.29, 0.717) is 12.3 Å². The highest BCUT2D eigenvalue weighted by atomic mass is 16.5. The van der Waals surface area contributed by atoms with Gasteiger partial charge in [-0.05, 0) is 42.2 Å². The fraction of sp³-hybridized carbons (Fsp3) is 0.333. The Balaban J connectivity index is 1.86. The number of rotatable bonds is 8. The first-order chi connectivity index (χ1) is 12.9. The van der Waals surface area contributed by atoms with Gasteiger partial charge >= 0.3 is 0 Å². The van der Waals surface area contributed by atoms with Gasteiger partial charge in [0.15, 0.2) is 0 Å². The number of nitrogens with two attached hydrogens (primary N) is 1. The first kappa shape index (κ1) is 20.5. The Hall–Kier alpha value is -2.86. The summed E-state index contributed by atoms with van der Waals surface area (Å²) < 4.78 is 5.78. The summed E-state index contributed by atoms with van der Waals surface area (Å²) in [6, 6.07) is 14.7. The van der Waals surface area contributed by atoms with Crippen LogP contribution >= 0.6 is 0 Å². The number of hydrogen-bond donors (Lipinski definition) is 3. The Bertz CT molecular complexity index is 775. The molecule has 0 spiro atoms. The molecule has 4 N–H and O–H groups in total. The van der Waals surface area contributed by atoms with Crippen LogP contribution in [0.25, 0.3) is 0 Å². The fourth-order valence-corrected chi connectivity index (χ4v) is 2.39. The highest BCUT2D eigenvalue weighted by molar-refractivity contribution is 5.95. The predicted octanol–water partition coefficient (Wildman–Crippen LogP) is 2.61. The van der Waals surface area contributed by atoms with Crippen LogP contribution < -0.4 is 21.1 Å². The third kappa shape index (κ3) is 6.42. The maximum Gasteiger partial charge on any atom is 0.243 e. The van der Waals surface area contributed by atoms with Gasteiger partial charge < -0.3 is 21.1 Å². The van der Waals surface area contributed by atoms with Gasteiger partial charge in [-0.1, -0.05) is 44.2 Å². The molecule has 2 rings (SSSR count). The molecule has 2 amide bonds. The molecule has 0 aliphatic rings. The van der Waals surface area contributed by atoms with Crippen molar-refractivity contribution in [2.45, 2.75) is 33.4 Å². The maximum atomic E-state index is 12.1. The van der Waals surface area contributed by atoms with Gasteiger partial charge in [0.2, 0.25) is 11.8 Å². The largest absolute Gasteiger partial charge is 0.489 e. The summed E-state index contributed by atoms with van der Waals surface area (Å²) >= 11 is 0. The van der Waals surface area contributed by atoms with Gasteiger partial charge in [0, 0.05) is 5.69 Å². The molecular weight excluding hydrogens is 342 g/mol. The molecule has 1 atom stereocenters. The summed E-state index contributed by atoms with van der Waals surface area (Å²) in [5, 5.41) is 5.34. The molecule has 0 bridgehead atoms. The van der Waals surface area contributed by atoms with Crippen molar-refractivity contribution in [3.63, 3.8) is 0 Å². The molecule has 27 heavy (non-hydrogen) atoms. The van der Waals surface area contributed by atoms with Gasteiger partial charge in [0.1, 0.15) is 12.4 Å². The Kier molecular flexibility index (Phi) is 7.37. The molecule has 2 aromatic carbocycles. The van der Waals surface area contributed by atoms with Crippen molar-refractivity contribution in [1.82, 2.24) is 5.32 Å². The van der Waals surface area contributed by atoms with Crippen molar-refractivity contribution in [3.05, 3.63) is 59.7 Å². The third-order valence-corrected chi connectivity index (χ3v) is 4.16. The van der Waals surface area contributed by atoms with Crippen LogP contribution in [0.15, 0.2) is 48.5 Å². The van der Waals surface area contributed by atoms with Crippen molar-refractivity contribution < 1.29 is 14.3 Å². The molecule has 0 heterocycles. The van der Waals surface area contributed by atoms with Crippen molar-refractivity contribution in [1.29, 1.82) is 0 Å². The minimum atomic E-state index is -0.624. The summed E-state index contributed by atoms with van der Waals surface area (Å²) in [5.74, 6) is 0.103. The zero-order valence-corrected chi connectivity index (χ0v) is 16.0. The lowest BCUT2D eigenvalue weighted by Crippen LogP contribution is -2.46. The minimum absolute atomic E-state index is 0.0127. The van der Waals surface area contributed by atoms with E-state index in [-0.39, 0.29) is 24.3 Å². The molecule has 6 heteroatoms. The van der Waals surface area contributed by atoms with Crippen LogP contribution in [-0.2, 0) is 16.2 Å². The van der Waals surface area contributed by atoms with E-state index < -0.39 is 6.04 Å². The van der Waals surface area contributed by atoms with Gasteiger partial charge in [-0.2, -0.15) is 0 Å². The Morgan fingerprint density at radius 1 is 1.11 bits per heavy atom. The molecule has 0 saturated heterocycles. The lowest BCUT2D eigenvalue weighted by atomic mass is 10.1. The van der Waals surface area contributed by atoms with Crippen LogP contribution in [0.2, 0.25) is 0 Å². The lowest BCUT2D eigenvalue weighted by Gasteiger charge is -2.15. The highest BCUT2D eigenvalue weighted by Gasteiger charge is 2.17. The van der Waals surface area contributed by atoms with E-state index in [0.717, 1.165) is 16.9 Å². The van der Waals surface area contributed by atoms with Crippen molar-refractivity contribution in [3.8, 4) is 5.75 Å². The molecule has 0 radical (unpaired) electrons. The van der Waals surface area contributed by atoms with Gasteiger partial charge in [-0.25, -0.2) is 0 Å². The second-order valence-corrected chi connectivity index (χ2v) is 6.79. The van der Waals surface area contributed by atoms with Crippen LogP contribution in [0, 0.1) is 12.8 Å². The van der Waals surface area contributed by atoms with Gasteiger partial charge in [0.25, 0.3) is 0 Å². The van der Waals surface area contributed by atoms with Gasteiger partial charge in [0.05, 0.1) is 12.6 Å². The first-order valence-corrected chi connectivity index (χ1v) is 8.97. The monoisotopic (exact) mass is 369 g/mol. The van der Waals surface area contributed by atoms with E-state index in [1.807, 2.05) is 57.2 Å². The van der Waals surface area contributed by atoms with E-state index in [2.05, 4.69) is 10.6 Å². The Morgan fingerprint density at radius 2 is 1.81 bits per heavy atom. The van der Waals surface area contributed by atoms with E-state index in [1.54, 1.807) is 12.1 Å². The van der Waals surface area contributed by atoms with E-state index in [9.17, 15) is 9.59 Å². The smallest absolute Gasteiger partial charge is 0.243 e. The maximum absolute atomic E-state index is 12.1. The number of carbonyl (C=O) groups excluding carboxylic acids is 2. The van der Waals surface area contributed by atoms with Crippen molar-refractivity contribution >= 4 is 17.5 Å². The summed E-state index contributed by atoms with van der Waals surface area (Å²) in [5.41, 5.74) is 8.39. The first-order valence-electron chi connectivity index (χ1n) is 8.97. The minimum Gasteiger partial charge on any atom is -0.489 e. The van der Waals surface area contributed by atoms with E-state index in [1.165, 1.54) is 0 Å². The molecule has 0 aliphatic carbocycles. The molecular formula is C21H27N3O3. The highest BCUT2D eigenvalue weighted by Crippen LogP contribution is 2.22. The average molecular weight is 369 g/mol. The number of nitrogens with one attached hydrogen (secondary N) is 2. The number of ether oxygens (including phenoxy) is 1. The van der Waals surface area contributed by atoms with Crippen LogP contribution in [0.5, 0.6) is 5.75 Å². The normalized spacial score (nSPS) is 11.7. The number of carbonyl (C=O) groups is 2. The topological polar surface area (TPSA) is 93.5 Å². The van der Waals surface area contributed by atoms with Crippen LogP contribution in [0.3, 0.4) is 0 Å². The molecule has 0 aromatic heterocycles. The molecule has 0 aliphatic heterocycles. The zero-order valence-electron chi connectivity index (χ0n) is 16.0. The second-order valence-electron chi connectivity index (χ2n) is 6.79. The zero-order chi connectivity index (χ0) is 19.8. The molecule has 2 aromatic rings. The van der Waals surface area contributed by atoms with Crippen LogP contribution in [0.4, 0.5) is 5.69 Å². The average Bonchev–Trinajstić information content (AvgIpc) is 2.66. The fourth-order valence-electron chi connectivity index (χ4n) is 2.39. The van der Waals surface area contributed by atoms with Gasteiger partial charge in [-0.15, -0.1) is 0 Å². The Morgan fingerprint density at radius 3 is 2.44 bits per heavy atom. The molecule has 6 nitrogen and oxygen atoms in total. The second kappa shape index (κ2) is 9.73. The number of aryl methyl sites for hydroxylation is 1. The lowest BCUT2D eigenvalue weighted by molar-refractivity contribution is -0.125. The molecule has 0 unspecified atom stereocenters. The molecule has 0 saturated carbocycles. The van der Waals surface area contributed by atoms with Crippen molar-refractivity contribution in [2.75, 3.05) is 11.9 Å². The summed E-state index contributed by atoms with van der Waals surface area (Å²) in [4.78, 5) is 23.9. The van der Waals surface area contributed by atoms with E-state index in [4.69, 9.17) is 10.5 Å². The number of anilines is 1.